The number of benzene rings is 1. The Hall–Kier alpha value is -2.92. The molecule has 2 aromatic rings. The molecule has 2 aliphatic rings. The first-order valence-electron chi connectivity index (χ1n) is 10.3. The quantitative estimate of drug-likeness (QED) is 0.688. The van der Waals surface area contributed by atoms with E-state index in [0.29, 0.717) is 18.9 Å². The molecule has 11 heteroatoms. The number of carboxylic acid groups (broad SMARTS) is 1. The number of rotatable bonds is 3. The summed E-state index contributed by atoms with van der Waals surface area (Å²) in [6.07, 6.45) is -1.71. The molecule has 1 amide bonds. The second kappa shape index (κ2) is 10.3. The summed E-state index contributed by atoms with van der Waals surface area (Å²) in [6.45, 7) is 4.31. The van der Waals surface area contributed by atoms with Gasteiger partial charge < -0.3 is 19.2 Å². The van der Waals surface area contributed by atoms with Crippen LogP contribution in [0, 0.1) is 5.82 Å². The van der Waals surface area contributed by atoms with Crippen LogP contribution in [0.3, 0.4) is 0 Å². The second-order valence-corrected chi connectivity index (χ2v) is 7.98. The van der Waals surface area contributed by atoms with Gasteiger partial charge in [0.15, 0.2) is 5.76 Å². The zero-order valence-corrected chi connectivity index (χ0v) is 17.7. The van der Waals surface area contributed by atoms with Gasteiger partial charge in [-0.25, -0.2) is 9.18 Å². The highest BCUT2D eigenvalue weighted by Gasteiger charge is 2.42. The fourth-order valence-electron chi connectivity index (χ4n) is 3.98. The first kappa shape index (κ1) is 24.7. The molecule has 1 unspecified atom stereocenters. The summed E-state index contributed by atoms with van der Waals surface area (Å²) in [4.78, 5) is 25.7. The third kappa shape index (κ3) is 6.78. The van der Waals surface area contributed by atoms with E-state index in [4.69, 9.17) is 19.1 Å². The summed E-state index contributed by atoms with van der Waals surface area (Å²) in [5.41, 5.74) is 0.751. The molecule has 0 bridgehead atoms. The Labute approximate surface area is 187 Å². The number of aliphatic carboxylic acids is 1. The normalized spacial score (nSPS) is 21.4. The number of piperidine rings is 1. The van der Waals surface area contributed by atoms with E-state index in [9.17, 15) is 22.4 Å². The van der Waals surface area contributed by atoms with E-state index >= 15 is 0 Å². The van der Waals surface area contributed by atoms with Crippen LogP contribution in [0.5, 0.6) is 0 Å². The van der Waals surface area contributed by atoms with Gasteiger partial charge in [0.05, 0.1) is 25.0 Å². The molecule has 2 aliphatic heterocycles. The summed E-state index contributed by atoms with van der Waals surface area (Å²) in [7, 11) is 0. The molecule has 2 fully saturated rings. The lowest BCUT2D eigenvalue weighted by Gasteiger charge is -2.48. The van der Waals surface area contributed by atoms with Crippen molar-refractivity contribution in [1.29, 1.82) is 0 Å². The van der Waals surface area contributed by atoms with Gasteiger partial charge in [-0.2, -0.15) is 13.2 Å². The molecule has 1 spiro atoms. The molecule has 180 valence electrons. The third-order valence-electron chi connectivity index (χ3n) is 5.45. The zero-order chi connectivity index (χ0) is 24.1. The van der Waals surface area contributed by atoms with Crippen molar-refractivity contribution in [3.05, 3.63) is 59.8 Å². The van der Waals surface area contributed by atoms with Gasteiger partial charge in [0.25, 0.3) is 5.91 Å². The smallest absolute Gasteiger partial charge is 0.475 e. The molecular formula is C22H24F4N2O5. The van der Waals surface area contributed by atoms with Gasteiger partial charge in [0.1, 0.15) is 5.82 Å². The van der Waals surface area contributed by atoms with Crippen LogP contribution in [-0.4, -0.2) is 71.3 Å². The number of furan rings is 1. The largest absolute Gasteiger partial charge is 0.490 e. The maximum absolute atomic E-state index is 13.1. The standard InChI is InChI=1S/C20H23FN2O3.C2HF3O2/c21-17-6-4-16(5-7-17)13-22-10-12-26-20(14-22)8-2-9-23(15-20)19(24)18-3-1-11-25-18;3-2(4,5)1(6)7/h1,3-7,11H,2,8-10,12-15H2;(H,6,7). The maximum atomic E-state index is 13.1. The molecule has 7 nitrogen and oxygen atoms in total. The van der Waals surface area contributed by atoms with E-state index in [1.807, 2.05) is 17.0 Å². The molecule has 1 aromatic carbocycles. The van der Waals surface area contributed by atoms with Crippen molar-refractivity contribution >= 4 is 11.9 Å². The second-order valence-electron chi connectivity index (χ2n) is 7.98. The van der Waals surface area contributed by atoms with Gasteiger partial charge in [-0.1, -0.05) is 12.1 Å². The average Bonchev–Trinajstić information content (AvgIpc) is 3.30. The number of likely N-dealkylation sites (tertiary alicyclic amines) is 1. The highest BCUT2D eigenvalue weighted by Crippen LogP contribution is 2.30. The fraction of sp³-hybridized carbons (Fsp3) is 0.455. The minimum atomic E-state index is -5.08. The Kier molecular flexibility index (Phi) is 7.75. The van der Waals surface area contributed by atoms with Crippen LogP contribution in [0.1, 0.15) is 29.0 Å². The van der Waals surface area contributed by atoms with Crippen LogP contribution < -0.4 is 0 Å². The number of alkyl halides is 3. The first-order chi connectivity index (χ1) is 15.6. The predicted molar refractivity (Wildman–Crippen MR) is 108 cm³/mol. The van der Waals surface area contributed by atoms with Gasteiger partial charge in [-0.15, -0.1) is 0 Å². The van der Waals surface area contributed by atoms with Crippen molar-refractivity contribution in [2.45, 2.75) is 31.2 Å². The van der Waals surface area contributed by atoms with Crippen molar-refractivity contribution in [3.63, 3.8) is 0 Å². The highest BCUT2D eigenvalue weighted by molar-refractivity contribution is 5.91. The van der Waals surface area contributed by atoms with Crippen LogP contribution in [0.15, 0.2) is 47.1 Å². The van der Waals surface area contributed by atoms with Crippen LogP contribution in [0.4, 0.5) is 17.6 Å². The minimum absolute atomic E-state index is 0.0756. The number of carbonyl (C=O) groups excluding carboxylic acids is 1. The summed E-state index contributed by atoms with van der Waals surface area (Å²) in [5.74, 6) is -2.67. The lowest BCUT2D eigenvalue weighted by molar-refractivity contribution is -0.192. The topological polar surface area (TPSA) is 83.2 Å². The molecule has 1 N–H and O–H groups in total. The lowest BCUT2D eigenvalue weighted by atomic mass is 9.90. The molecule has 1 aromatic heterocycles. The lowest BCUT2D eigenvalue weighted by Crippen LogP contribution is -2.60. The number of hydrogen-bond donors (Lipinski definition) is 1. The molecule has 4 rings (SSSR count). The summed E-state index contributed by atoms with van der Waals surface area (Å²) in [6, 6.07) is 10.1. The molecule has 2 saturated heterocycles. The number of nitrogens with zero attached hydrogens (tertiary/aromatic N) is 2. The van der Waals surface area contributed by atoms with Crippen molar-refractivity contribution in [2.24, 2.45) is 0 Å². The third-order valence-corrected chi connectivity index (χ3v) is 5.45. The molecule has 3 heterocycles. The van der Waals surface area contributed by atoms with Gasteiger partial charge in [-0.3, -0.25) is 9.69 Å². The van der Waals surface area contributed by atoms with Gasteiger partial charge in [-0.05, 0) is 42.7 Å². The summed E-state index contributed by atoms with van der Waals surface area (Å²) >= 11 is 0. The first-order valence-corrected chi connectivity index (χ1v) is 10.3. The Morgan fingerprint density at radius 3 is 2.39 bits per heavy atom. The van der Waals surface area contributed by atoms with Gasteiger partial charge in [0.2, 0.25) is 0 Å². The Morgan fingerprint density at radius 1 is 1.09 bits per heavy atom. The number of carbonyl (C=O) groups is 2. The van der Waals surface area contributed by atoms with Crippen LogP contribution in [0.25, 0.3) is 0 Å². The molecule has 33 heavy (non-hydrogen) atoms. The van der Waals surface area contributed by atoms with Crippen molar-refractivity contribution in [2.75, 3.05) is 32.8 Å². The van der Waals surface area contributed by atoms with E-state index in [0.717, 1.165) is 44.6 Å². The fourth-order valence-corrected chi connectivity index (χ4v) is 3.98. The van der Waals surface area contributed by atoms with Gasteiger partial charge >= 0.3 is 12.1 Å². The number of amides is 1. The van der Waals surface area contributed by atoms with Crippen LogP contribution in [0.2, 0.25) is 0 Å². The number of morpholine rings is 1. The van der Waals surface area contributed by atoms with Gasteiger partial charge in [0, 0.05) is 26.2 Å². The summed E-state index contributed by atoms with van der Waals surface area (Å²) < 4.78 is 56.3. The molecule has 0 saturated carbocycles. The summed E-state index contributed by atoms with van der Waals surface area (Å²) in [5, 5.41) is 7.12. The minimum Gasteiger partial charge on any atom is -0.475 e. The maximum Gasteiger partial charge on any atom is 0.490 e. The van der Waals surface area contributed by atoms with E-state index < -0.39 is 12.1 Å². The van der Waals surface area contributed by atoms with E-state index in [1.165, 1.54) is 18.4 Å². The van der Waals surface area contributed by atoms with E-state index in [2.05, 4.69) is 4.90 Å². The van der Waals surface area contributed by atoms with E-state index in [-0.39, 0.29) is 17.3 Å². The highest BCUT2D eigenvalue weighted by atomic mass is 19.4. The zero-order valence-electron chi connectivity index (χ0n) is 17.7. The molecule has 0 radical (unpaired) electrons. The number of ether oxygens (including phenoxy) is 1. The predicted octanol–water partition coefficient (Wildman–Crippen LogP) is 3.56. The number of hydrogen-bond acceptors (Lipinski definition) is 5. The van der Waals surface area contributed by atoms with E-state index in [1.54, 1.807) is 12.1 Å². The Balaban J connectivity index is 0.000000383. The monoisotopic (exact) mass is 472 g/mol. The molecule has 1 atom stereocenters. The van der Waals surface area contributed by atoms with Crippen LogP contribution >= 0.6 is 0 Å². The number of carboxylic acids is 1. The van der Waals surface area contributed by atoms with Crippen molar-refractivity contribution in [3.8, 4) is 0 Å². The number of halogens is 4. The molecular weight excluding hydrogens is 448 g/mol. The SMILES string of the molecule is O=C(O)C(F)(F)F.O=C(c1ccco1)N1CCCC2(CN(Cc3ccc(F)cc3)CCO2)C1. The Bertz CT molecular complexity index is 929. The van der Waals surface area contributed by atoms with Crippen LogP contribution in [-0.2, 0) is 16.1 Å². The molecule has 0 aliphatic carbocycles. The Morgan fingerprint density at radius 2 is 1.79 bits per heavy atom. The van der Waals surface area contributed by atoms with Crippen molar-refractivity contribution < 1.29 is 41.4 Å². The average molecular weight is 472 g/mol. The van der Waals surface area contributed by atoms with Crippen molar-refractivity contribution in [1.82, 2.24) is 9.80 Å².